The molecule has 0 amide bonds. The van der Waals surface area contributed by atoms with E-state index in [0.717, 1.165) is 31.8 Å². The van der Waals surface area contributed by atoms with Crippen LogP contribution >= 0.6 is 22.9 Å². The van der Waals surface area contributed by atoms with Gasteiger partial charge in [0.1, 0.15) is 5.75 Å². The first-order chi connectivity index (χ1) is 9.74. The molecule has 0 bridgehead atoms. The highest BCUT2D eigenvalue weighted by atomic mass is 35.5. The largest absolute Gasteiger partial charge is 0.494 e. The average molecular weight is 305 g/mol. The molecule has 1 aromatic heterocycles. The third-order valence-electron chi connectivity index (χ3n) is 2.77. The quantitative estimate of drug-likeness (QED) is 0.729. The molecule has 0 aliphatic carbocycles. The van der Waals surface area contributed by atoms with Gasteiger partial charge in [-0.25, -0.2) is 4.98 Å². The van der Waals surface area contributed by atoms with E-state index < -0.39 is 0 Å². The molecule has 1 heterocycles. The third kappa shape index (κ3) is 2.86. The van der Waals surface area contributed by atoms with Crippen molar-refractivity contribution in [3.63, 3.8) is 0 Å². The number of hydrogen-bond acceptors (Lipinski definition) is 4. The van der Waals surface area contributed by atoms with Crippen LogP contribution in [-0.2, 0) is 0 Å². The first kappa shape index (κ1) is 13.2. The smallest absolute Gasteiger partial charge is 0.188 e. The highest BCUT2D eigenvalue weighted by molar-refractivity contribution is 7.22. The molecule has 0 atom stereocenters. The second kappa shape index (κ2) is 5.69. The van der Waals surface area contributed by atoms with Crippen molar-refractivity contribution in [1.82, 2.24) is 4.98 Å². The normalized spacial score (nSPS) is 10.7. The van der Waals surface area contributed by atoms with Crippen LogP contribution in [0.5, 0.6) is 5.75 Å². The summed E-state index contributed by atoms with van der Waals surface area (Å²) >= 11 is 7.47. The molecule has 0 saturated heterocycles. The number of rotatable bonds is 4. The lowest BCUT2D eigenvalue weighted by molar-refractivity contribution is 0.341. The number of benzene rings is 2. The predicted octanol–water partition coefficient (Wildman–Crippen LogP) is 5.09. The molecule has 3 rings (SSSR count). The molecule has 0 radical (unpaired) electrons. The first-order valence-corrected chi connectivity index (χ1v) is 7.50. The molecule has 3 aromatic rings. The number of anilines is 2. The highest BCUT2D eigenvalue weighted by Gasteiger charge is 2.05. The van der Waals surface area contributed by atoms with Crippen molar-refractivity contribution in [2.24, 2.45) is 0 Å². The lowest BCUT2D eigenvalue weighted by atomic mass is 10.3. The second-order valence-electron chi connectivity index (χ2n) is 4.21. The Hall–Kier alpha value is -1.78. The number of hydrogen-bond donors (Lipinski definition) is 1. The Balaban J connectivity index is 1.86. The summed E-state index contributed by atoms with van der Waals surface area (Å²) in [6.07, 6.45) is 0. The Morgan fingerprint density at radius 2 is 2.00 bits per heavy atom. The number of nitrogens with one attached hydrogen (secondary N) is 1. The van der Waals surface area contributed by atoms with Crippen LogP contribution in [0.15, 0.2) is 42.5 Å². The van der Waals surface area contributed by atoms with E-state index >= 15 is 0 Å². The molecule has 0 saturated carbocycles. The van der Waals surface area contributed by atoms with Gasteiger partial charge < -0.3 is 10.1 Å². The number of thiazole rings is 1. The number of fused-ring (bicyclic) bond motifs is 1. The van der Waals surface area contributed by atoms with Crippen molar-refractivity contribution in [2.45, 2.75) is 6.92 Å². The summed E-state index contributed by atoms with van der Waals surface area (Å²) in [5.74, 6) is 0.877. The van der Waals surface area contributed by atoms with E-state index in [9.17, 15) is 0 Å². The van der Waals surface area contributed by atoms with Crippen LogP contribution in [0, 0.1) is 0 Å². The molecular weight excluding hydrogens is 292 g/mol. The molecule has 5 heteroatoms. The fraction of sp³-hybridized carbons (Fsp3) is 0.133. The average Bonchev–Trinajstić information content (AvgIpc) is 2.83. The van der Waals surface area contributed by atoms with Crippen LogP contribution in [-0.4, -0.2) is 11.6 Å². The van der Waals surface area contributed by atoms with Gasteiger partial charge in [-0.15, -0.1) is 0 Å². The minimum atomic E-state index is 0.667. The molecular formula is C15H13ClN2OS. The van der Waals surface area contributed by atoms with E-state index in [0.29, 0.717) is 6.61 Å². The first-order valence-electron chi connectivity index (χ1n) is 6.30. The van der Waals surface area contributed by atoms with Gasteiger partial charge in [-0.3, -0.25) is 0 Å². The fourth-order valence-electron chi connectivity index (χ4n) is 1.87. The van der Waals surface area contributed by atoms with E-state index in [1.165, 1.54) is 0 Å². The Kier molecular flexibility index (Phi) is 3.76. The summed E-state index contributed by atoms with van der Waals surface area (Å²) in [4.78, 5) is 4.55. The summed E-state index contributed by atoms with van der Waals surface area (Å²) in [7, 11) is 0. The summed E-state index contributed by atoms with van der Waals surface area (Å²) in [6.45, 7) is 2.64. The molecule has 1 N–H and O–H groups in total. The van der Waals surface area contributed by atoms with Crippen molar-refractivity contribution < 1.29 is 4.74 Å². The number of ether oxygens (including phenoxy) is 1. The monoisotopic (exact) mass is 304 g/mol. The van der Waals surface area contributed by atoms with Crippen LogP contribution in [0.2, 0.25) is 5.02 Å². The molecule has 0 aliphatic heterocycles. The predicted molar refractivity (Wildman–Crippen MR) is 85.5 cm³/mol. The Bertz CT molecular complexity index is 724. The zero-order valence-electron chi connectivity index (χ0n) is 10.9. The van der Waals surface area contributed by atoms with Crippen LogP contribution in [0.1, 0.15) is 6.92 Å². The van der Waals surface area contributed by atoms with Crippen molar-refractivity contribution in [1.29, 1.82) is 0 Å². The van der Waals surface area contributed by atoms with Crippen molar-refractivity contribution in [2.75, 3.05) is 11.9 Å². The van der Waals surface area contributed by atoms with Gasteiger partial charge in [0, 0.05) is 10.7 Å². The summed E-state index contributed by atoms with van der Waals surface area (Å²) in [5.41, 5.74) is 1.94. The van der Waals surface area contributed by atoms with Crippen LogP contribution in [0.3, 0.4) is 0 Å². The molecule has 102 valence electrons. The van der Waals surface area contributed by atoms with Gasteiger partial charge in [-0.2, -0.15) is 0 Å². The molecule has 3 nitrogen and oxygen atoms in total. The summed E-state index contributed by atoms with van der Waals surface area (Å²) in [6, 6.07) is 13.5. The van der Waals surface area contributed by atoms with E-state index in [1.807, 2.05) is 49.4 Å². The lowest BCUT2D eigenvalue weighted by Crippen LogP contribution is -1.90. The maximum Gasteiger partial charge on any atom is 0.188 e. The second-order valence-corrected chi connectivity index (χ2v) is 5.68. The molecule has 0 aliphatic rings. The van der Waals surface area contributed by atoms with Crippen LogP contribution < -0.4 is 10.1 Å². The van der Waals surface area contributed by atoms with Gasteiger partial charge in [0.15, 0.2) is 5.13 Å². The van der Waals surface area contributed by atoms with E-state index in [-0.39, 0.29) is 0 Å². The highest BCUT2D eigenvalue weighted by Crippen LogP contribution is 2.31. The number of aromatic nitrogens is 1. The maximum absolute atomic E-state index is 5.87. The maximum atomic E-state index is 5.87. The fourth-order valence-corrected chi connectivity index (χ4v) is 2.91. The summed E-state index contributed by atoms with van der Waals surface area (Å²) < 4.78 is 6.60. The molecule has 2 aromatic carbocycles. The van der Waals surface area contributed by atoms with Crippen LogP contribution in [0.25, 0.3) is 10.2 Å². The van der Waals surface area contributed by atoms with E-state index in [1.54, 1.807) is 11.3 Å². The molecule has 0 spiro atoms. The molecule has 0 unspecified atom stereocenters. The standard InChI is InChI=1S/C15H13ClN2OS/c1-2-19-12-7-8-13-14(9-12)20-15(18-13)17-11-5-3-10(16)4-6-11/h3-9H,2H2,1H3,(H,17,18). The topological polar surface area (TPSA) is 34.1 Å². The Labute approximate surface area is 126 Å². The van der Waals surface area contributed by atoms with Gasteiger partial charge in [-0.1, -0.05) is 22.9 Å². The van der Waals surface area contributed by atoms with Crippen molar-refractivity contribution in [3.05, 3.63) is 47.5 Å². The zero-order valence-corrected chi connectivity index (χ0v) is 12.5. The van der Waals surface area contributed by atoms with Crippen molar-refractivity contribution >= 4 is 44.0 Å². The Morgan fingerprint density at radius 1 is 1.20 bits per heavy atom. The van der Waals surface area contributed by atoms with Gasteiger partial charge in [0.05, 0.1) is 16.8 Å². The zero-order chi connectivity index (χ0) is 13.9. The number of nitrogens with zero attached hydrogens (tertiary/aromatic N) is 1. The van der Waals surface area contributed by atoms with Crippen molar-refractivity contribution in [3.8, 4) is 5.75 Å². The minimum Gasteiger partial charge on any atom is -0.494 e. The van der Waals surface area contributed by atoms with Crippen LogP contribution in [0.4, 0.5) is 10.8 Å². The van der Waals surface area contributed by atoms with Gasteiger partial charge in [-0.05, 0) is 49.4 Å². The summed E-state index contributed by atoms with van der Waals surface area (Å²) in [5, 5.41) is 4.86. The lowest BCUT2D eigenvalue weighted by Gasteiger charge is -2.01. The van der Waals surface area contributed by atoms with Gasteiger partial charge in [0.2, 0.25) is 0 Å². The van der Waals surface area contributed by atoms with Gasteiger partial charge in [0.25, 0.3) is 0 Å². The molecule has 20 heavy (non-hydrogen) atoms. The Morgan fingerprint density at radius 3 is 2.75 bits per heavy atom. The third-order valence-corrected chi connectivity index (χ3v) is 3.95. The van der Waals surface area contributed by atoms with E-state index in [4.69, 9.17) is 16.3 Å². The minimum absolute atomic E-state index is 0.667. The van der Waals surface area contributed by atoms with E-state index in [2.05, 4.69) is 10.3 Å². The molecule has 0 fully saturated rings. The number of halogens is 1. The SMILES string of the molecule is CCOc1ccc2nc(Nc3ccc(Cl)cc3)sc2c1. The van der Waals surface area contributed by atoms with Gasteiger partial charge >= 0.3 is 0 Å².